The fraction of sp³-hybridized carbons (Fsp3) is 0.333. The van der Waals surface area contributed by atoms with E-state index in [2.05, 4.69) is 10.3 Å². The average molecular weight is 329 g/mol. The number of nitrogens with two attached hydrogens (primary N) is 1. The summed E-state index contributed by atoms with van der Waals surface area (Å²) in [5.74, 6) is 0.689. The fourth-order valence-corrected chi connectivity index (χ4v) is 2.79. The molecule has 1 saturated carbocycles. The lowest BCUT2D eigenvalue weighted by atomic mass is 10.1. The van der Waals surface area contributed by atoms with Gasteiger partial charge in [-0.2, -0.15) is 0 Å². The summed E-state index contributed by atoms with van der Waals surface area (Å²) >= 11 is 0. The summed E-state index contributed by atoms with van der Waals surface area (Å²) < 4.78 is 18.4. The van der Waals surface area contributed by atoms with Crippen molar-refractivity contribution in [1.29, 1.82) is 0 Å². The average Bonchev–Trinajstić information content (AvgIpc) is 3.03. The van der Waals surface area contributed by atoms with Gasteiger partial charge in [0.2, 0.25) is 11.8 Å². The summed E-state index contributed by atoms with van der Waals surface area (Å²) in [6, 6.07) is 9.44. The smallest absolute Gasteiger partial charge is 0.223 e. The number of carbonyl (C=O) groups is 1. The van der Waals surface area contributed by atoms with E-state index in [0.717, 1.165) is 24.8 Å². The van der Waals surface area contributed by atoms with Crippen LogP contribution in [0.25, 0.3) is 0 Å². The van der Waals surface area contributed by atoms with Crippen LogP contribution in [0.2, 0.25) is 0 Å². The number of nitrogens with one attached hydrogen (secondary N) is 1. The Morgan fingerprint density at radius 2 is 2.04 bits per heavy atom. The third kappa shape index (κ3) is 4.29. The van der Waals surface area contributed by atoms with Gasteiger partial charge in [-0.1, -0.05) is 6.07 Å². The number of aromatic nitrogens is 1. The predicted octanol–water partition coefficient (Wildman–Crippen LogP) is 2.76. The number of hydrogen-bond donors (Lipinski definition) is 2. The number of hydrogen-bond acceptors (Lipinski definition) is 4. The summed E-state index contributed by atoms with van der Waals surface area (Å²) in [6.07, 6.45) is 4.18. The van der Waals surface area contributed by atoms with Gasteiger partial charge in [-0.25, -0.2) is 9.37 Å². The zero-order valence-electron chi connectivity index (χ0n) is 13.2. The first-order chi connectivity index (χ1) is 11.6. The number of pyridine rings is 1. The molecule has 0 spiro atoms. The normalized spacial score (nSPS) is 19.9. The van der Waals surface area contributed by atoms with Crippen LogP contribution < -0.4 is 15.8 Å². The van der Waals surface area contributed by atoms with Gasteiger partial charge in [0.25, 0.3) is 0 Å². The minimum Gasteiger partial charge on any atom is -0.439 e. The Bertz CT molecular complexity index is 688. The molecule has 1 heterocycles. The zero-order chi connectivity index (χ0) is 16.9. The van der Waals surface area contributed by atoms with E-state index in [-0.39, 0.29) is 23.7 Å². The van der Waals surface area contributed by atoms with Crippen LogP contribution in [-0.2, 0) is 11.3 Å². The largest absolute Gasteiger partial charge is 0.439 e. The molecule has 1 aromatic heterocycles. The Morgan fingerprint density at radius 1 is 1.25 bits per heavy atom. The summed E-state index contributed by atoms with van der Waals surface area (Å²) in [7, 11) is 0. The number of amides is 1. The van der Waals surface area contributed by atoms with Crippen LogP contribution in [0.4, 0.5) is 4.39 Å². The van der Waals surface area contributed by atoms with Gasteiger partial charge < -0.3 is 15.8 Å². The minimum absolute atomic E-state index is 0.0223. The molecular weight excluding hydrogens is 309 g/mol. The van der Waals surface area contributed by atoms with Crippen LogP contribution in [0.15, 0.2) is 42.6 Å². The molecule has 6 heteroatoms. The van der Waals surface area contributed by atoms with Gasteiger partial charge in [0, 0.05) is 30.8 Å². The van der Waals surface area contributed by atoms with E-state index < -0.39 is 0 Å². The van der Waals surface area contributed by atoms with E-state index in [9.17, 15) is 9.18 Å². The second-order valence-corrected chi connectivity index (χ2v) is 6.05. The maximum atomic E-state index is 12.8. The van der Waals surface area contributed by atoms with Crippen molar-refractivity contribution in [2.45, 2.75) is 31.8 Å². The Balaban J connectivity index is 1.51. The highest BCUT2D eigenvalue weighted by molar-refractivity contribution is 5.78. The number of rotatable bonds is 5. The molecule has 0 bridgehead atoms. The lowest BCUT2D eigenvalue weighted by molar-refractivity contribution is -0.125. The second-order valence-electron chi connectivity index (χ2n) is 6.05. The monoisotopic (exact) mass is 329 g/mol. The van der Waals surface area contributed by atoms with Crippen molar-refractivity contribution >= 4 is 5.91 Å². The number of benzene rings is 1. The van der Waals surface area contributed by atoms with Crippen LogP contribution in [0.5, 0.6) is 11.6 Å². The molecule has 0 saturated heterocycles. The lowest BCUT2D eigenvalue weighted by Gasteiger charge is -2.11. The first kappa shape index (κ1) is 16.4. The molecule has 24 heavy (non-hydrogen) atoms. The molecule has 0 radical (unpaired) electrons. The lowest BCUT2D eigenvalue weighted by Crippen LogP contribution is -2.30. The molecule has 2 aromatic rings. The third-order valence-corrected chi connectivity index (χ3v) is 4.14. The summed E-state index contributed by atoms with van der Waals surface area (Å²) in [4.78, 5) is 16.3. The van der Waals surface area contributed by atoms with E-state index in [1.807, 2.05) is 6.07 Å². The predicted molar refractivity (Wildman–Crippen MR) is 87.9 cm³/mol. The van der Waals surface area contributed by atoms with Crippen molar-refractivity contribution in [2.24, 2.45) is 11.7 Å². The molecule has 1 aromatic carbocycles. The number of carbonyl (C=O) groups excluding carboxylic acids is 1. The van der Waals surface area contributed by atoms with Gasteiger partial charge in [-0.3, -0.25) is 4.79 Å². The molecule has 3 N–H and O–H groups in total. The van der Waals surface area contributed by atoms with Crippen LogP contribution in [0.3, 0.4) is 0 Å². The molecular formula is C18H20FN3O2. The first-order valence-electron chi connectivity index (χ1n) is 8.02. The van der Waals surface area contributed by atoms with E-state index >= 15 is 0 Å². The summed E-state index contributed by atoms with van der Waals surface area (Å²) in [5, 5.41) is 2.92. The third-order valence-electron chi connectivity index (χ3n) is 4.14. The van der Waals surface area contributed by atoms with Crippen molar-refractivity contribution < 1.29 is 13.9 Å². The molecule has 1 fully saturated rings. The van der Waals surface area contributed by atoms with Crippen LogP contribution >= 0.6 is 0 Å². The van der Waals surface area contributed by atoms with Crippen molar-refractivity contribution in [3.05, 3.63) is 54.0 Å². The quantitative estimate of drug-likeness (QED) is 0.884. The maximum absolute atomic E-state index is 12.8. The van der Waals surface area contributed by atoms with E-state index in [0.29, 0.717) is 18.2 Å². The molecule has 5 nitrogen and oxygen atoms in total. The number of halogens is 1. The maximum Gasteiger partial charge on any atom is 0.223 e. The van der Waals surface area contributed by atoms with Gasteiger partial charge in [0.15, 0.2) is 0 Å². The highest BCUT2D eigenvalue weighted by atomic mass is 19.1. The molecule has 126 valence electrons. The SMILES string of the molecule is NC1CCC(C(=O)NCc2ccc(Oc3ccc(F)cc3)nc2)C1. The Hall–Kier alpha value is -2.47. The number of nitrogens with zero attached hydrogens (tertiary/aromatic N) is 1. The Morgan fingerprint density at radius 3 is 2.67 bits per heavy atom. The Labute approximate surface area is 140 Å². The molecule has 1 aliphatic carbocycles. The van der Waals surface area contributed by atoms with Crippen molar-refractivity contribution in [3.8, 4) is 11.6 Å². The van der Waals surface area contributed by atoms with Crippen molar-refractivity contribution in [1.82, 2.24) is 10.3 Å². The van der Waals surface area contributed by atoms with Crippen LogP contribution in [0, 0.1) is 11.7 Å². The topological polar surface area (TPSA) is 77.2 Å². The second kappa shape index (κ2) is 7.40. The first-order valence-corrected chi connectivity index (χ1v) is 8.02. The van der Waals surface area contributed by atoms with Crippen LogP contribution in [-0.4, -0.2) is 16.9 Å². The molecule has 1 amide bonds. The van der Waals surface area contributed by atoms with Crippen molar-refractivity contribution in [2.75, 3.05) is 0 Å². The molecule has 0 aliphatic heterocycles. The molecule has 3 rings (SSSR count). The molecule has 2 atom stereocenters. The van der Waals surface area contributed by atoms with E-state index in [4.69, 9.17) is 10.5 Å². The van der Waals surface area contributed by atoms with E-state index in [1.165, 1.54) is 24.3 Å². The highest BCUT2D eigenvalue weighted by Crippen LogP contribution is 2.24. The Kier molecular flexibility index (Phi) is 5.05. The standard InChI is InChI=1S/C18H20FN3O2/c19-14-3-6-16(7-4-14)24-17-8-1-12(10-21-17)11-22-18(23)13-2-5-15(20)9-13/h1,3-4,6-8,10,13,15H,2,5,9,11,20H2,(H,22,23). The van der Waals surface area contributed by atoms with Gasteiger partial charge in [-0.15, -0.1) is 0 Å². The number of ether oxygens (including phenoxy) is 1. The van der Waals surface area contributed by atoms with Gasteiger partial charge in [0.05, 0.1) is 0 Å². The zero-order valence-corrected chi connectivity index (χ0v) is 13.2. The summed E-state index contributed by atoms with van der Waals surface area (Å²) in [6.45, 7) is 0.425. The highest BCUT2D eigenvalue weighted by Gasteiger charge is 2.27. The van der Waals surface area contributed by atoms with Crippen LogP contribution in [0.1, 0.15) is 24.8 Å². The molecule has 1 aliphatic rings. The van der Waals surface area contributed by atoms with Gasteiger partial charge in [0.1, 0.15) is 11.6 Å². The minimum atomic E-state index is -0.315. The van der Waals surface area contributed by atoms with Gasteiger partial charge >= 0.3 is 0 Å². The summed E-state index contributed by atoms with van der Waals surface area (Å²) in [5.41, 5.74) is 6.72. The van der Waals surface area contributed by atoms with E-state index in [1.54, 1.807) is 12.3 Å². The van der Waals surface area contributed by atoms with Gasteiger partial charge in [-0.05, 0) is 49.1 Å². The fourth-order valence-electron chi connectivity index (χ4n) is 2.79. The molecule has 2 unspecified atom stereocenters. The van der Waals surface area contributed by atoms with Crippen molar-refractivity contribution in [3.63, 3.8) is 0 Å².